The molecule has 5 aromatic rings. The number of hydrogen-bond donors (Lipinski definition) is 0. The van der Waals surface area contributed by atoms with Crippen LogP contribution in [0.3, 0.4) is 0 Å². The van der Waals surface area contributed by atoms with Crippen LogP contribution in [-0.2, 0) is 22.7 Å². The van der Waals surface area contributed by atoms with E-state index in [0.717, 1.165) is 0 Å². The number of likely N-dealkylation sites (tertiary alicyclic amines) is 2. The third-order valence-corrected chi connectivity index (χ3v) is 11.4. The fourth-order valence-electron chi connectivity index (χ4n) is 8.40. The van der Waals surface area contributed by atoms with Gasteiger partial charge in [-0.1, -0.05) is 36.4 Å². The summed E-state index contributed by atoms with van der Waals surface area (Å²) in [5.74, 6) is 3.08. The van der Waals surface area contributed by atoms with Gasteiger partial charge in [0.15, 0.2) is 23.0 Å². The van der Waals surface area contributed by atoms with Gasteiger partial charge in [0.2, 0.25) is 23.7 Å². The van der Waals surface area contributed by atoms with Crippen LogP contribution >= 0.6 is 0 Å². The summed E-state index contributed by atoms with van der Waals surface area (Å²) in [6, 6.07) is 24.2. The molecule has 0 bridgehead atoms. The molecule has 3 heterocycles. The Labute approximate surface area is 365 Å². The summed E-state index contributed by atoms with van der Waals surface area (Å²) in [6.45, 7) is 2.40. The fraction of sp³-hybridized carbons (Fsp3) is 0.362. The average molecular weight is 865 g/mol. The van der Waals surface area contributed by atoms with E-state index < -0.39 is 35.5 Å². The number of ether oxygens (including phenoxy) is 8. The van der Waals surface area contributed by atoms with Crippen LogP contribution in [0.25, 0.3) is 0 Å². The van der Waals surface area contributed by atoms with Gasteiger partial charge >= 0.3 is 5.69 Å². The van der Waals surface area contributed by atoms with Crippen molar-refractivity contribution >= 4 is 11.8 Å². The number of aryl methyl sites for hydroxylation is 2. The van der Waals surface area contributed by atoms with Gasteiger partial charge in [-0.05, 0) is 68.3 Å². The van der Waals surface area contributed by atoms with Crippen molar-refractivity contribution in [3.05, 3.63) is 129 Å². The number of benzene rings is 4. The predicted molar refractivity (Wildman–Crippen MR) is 232 cm³/mol. The van der Waals surface area contributed by atoms with E-state index in [0.29, 0.717) is 69.1 Å². The lowest BCUT2D eigenvalue weighted by Crippen LogP contribution is -2.61. The highest BCUT2D eigenvalue weighted by Crippen LogP contribution is 2.49. The molecule has 0 saturated carbocycles. The van der Waals surface area contributed by atoms with Crippen molar-refractivity contribution in [2.24, 2.45) is 0 Å². The number of carbonyl (C=O) groups is 2. The molecule has 1 aromatic heterocycles. The quantitative estimate of drug-likeness (QED) is 0.0943. The first kappa shape index (κ1) is 44.0. The molecule has 16 nitrogen and oxygen atoms in total. The van der Waals surface area contributed by atoms with Crippen LogP contribution in [0.2, 0.25) is 0 Å². The molecule has 2 fully saturated rings. The van der Waals surface area contributed by atoms with Gasteiger partial charge in [0.1, 0.15) is 23.6 Å². The third kappa shape index (κ3) is 8.44. The number of carbonyl (C=O) groups excluding carboxylic acids is 2. The molecule has 4 atom stereocenters. The number of rotatable bonds is 20. The zero-order valence-electron chi connectivity index (χ0n) is 36.4. The maximum atomic E-state index is 13.9. The van der Waals surface area contributed by atoms with Crippen LogP contribution < -0.4 is 49.1 Å². The molecule has 2 aliphatic heterocycles. The highest BCUT2D eigenvalue weighted by molar-refractivity contribution is 5.90. The van der Waals surface area contributed by atoms with E-state index in [1.807, 2.05) is 48.5 Å². The number of amides is 2. The van der Waals surface area contributed by atoms with Crippen molar-refractivity contribution in [1.82, 2.24) is 18.9 Å². The lowest BCUT2D eigenvalue weighted by atomic mass is 9.89. The monoisotopic (exact) mass is 864 g/mol. The van der Waals surface area contributed by atoms with Crippen molar-refractivity contribution < 1.29 is 47.5 Å². The maximum absolute atomic E-state index is 13.9. The minimum Gasteiger partial charge on any atom is -0.493 e. The molecular formula is C47H52N4O12. The number of hydrogen-bond acceptors (Lipinski definition) is 12. The summed E-state index contributed by atoms with van der Waals surface area (Å²) in [5.41, 5.74) is 0.776. The summed E-state index contributed by atoms with van der Waals surface area (Å²) in [7, 11) is 9.12. The zero-order chi connectivity index (χ0) is 44.8. The predicted octanol–water partition coefficient (Wildman–Crippen LogP) is 5.21. The molecule has 0 radical (unpaired) electrons. The molecule has 0 spiro atoms. The molecule has 2 amide bonds. The second-order valence-electron chi connectivity index (χ2n) is 15.0. The Morgan fingerprint density at radius 2 is 0.921 bits per heavy atom. The Morgan fingerprint density at radius 3 is 1.33 bits per heavy atom. The molecule has 16 heteroatoms. The Morgan fingerprint density at radius 1 is 0.492 bits per heavy atom. The highest BCUT2D eigenvalue weighted by atomic mass is 16.5. The first-order valence-corrected chi connectivity index (χ1v) is 20.5. The van der Waals surface area contributed by atoms with E-state index in [-0.39, 0.29) is 44.4 Å². The Bertz CT molecular complexity index is 2540. The van der Waals surface area contributed by atoms with Crippen molar-refractivity contribution in [2.45, 2.75) is 57.1 Å². The summed E-state index contributed by atoms with van der Waals surface area (Å²) < 4.78 is 49.0. The van der Waals surface area contributed by atoms with Gasteiger partial charge in [0, 0.05) is 49.1 Å². The van der Waals surface area contributed by atoms with E-state index in [2.05, 4.69) is 0 Å². The average Bonchev–Trinajstić information content (AvgIpc) is 3.31. The van der Waals surface area contributed by atoms with Crippen LogP contribution in [-0.4, -0.2) is 98.7 Å². The number of aromatic nitrogens is 2. The Hall–Kier alpha value is -7.10. The molecule has 0 N–H and O–H groups in total. The molecule has 2 aliphatic rings. The third-order valence-electron chi connectivity index (χ3n) is 11.4. The lowest BCUT2D eigenvalue weighted by Gasteiger charge is -2.47. The summed E-state index contributed by atoms with van der Waals surface area (Å²) >= 11 is 0. The van der Waals surface area contributed by atoms with E-state index in [9.17, 15) is 19.2 Å². The van der Waals surface area contributed by atoms with Gasteiger partial charge < -0.3 is 52.3 Å². The van der Waals surface area contributed by atoms with Gasteiger partial charge in [-0.15, -0.1) is 0 Å². The molecule has 0 unspecified atom stereocenters. The van der Waals surface area contributed by atoms with Gasteiger partial charge in [-0.2, -0.15) is 0 Å². The largest absolute Gasteiger partial charge is 0.493 e. The van der Waals surface area contributed by atoms with E-state index in [1.165, 1.54) is 51.8 Å². The number of para-hydroxylation sites is 2. The fourth-order valence-corrected chi connectivity index (χ4v) is 8.40. The Balaban J connectivity index is 1.08. The van der Waals surface area contributed by atoms with Crippen LogP contribution in [0.1, 0.15) is 41.6 Å². The van der Waals surface area contributed by atoms with Crippen LogP contribution in [0, 0.1) is 6.92 Å². The Kier molecular flexibility index (Phi) is 13.5. The van der Waals surface area contributed by atoms with Gasteiger partial charge in [-0.3, -0.25) is 19.0 Å². The number of β-lactam (4-membered cyclic amide) rings is 2. The van der Waals surface area contributed by atoms with Crippen LogP contribution in [0.4, 0.5) is 0 Å². The first-order chi connectivity index (χ1) is 30.6. The second kappa shape index (κ2) is 19.3. The minimum atomic E-state index is -0.871. The maximum Gasteiger partial charge on any atom is 0.330 e. The molecule has 7 rings (SSSR count). The van der Waals surface area contributed by atoms with Gasteiger partial charge in [-0.25, -0.2) is 4.79 Å². The van der Waals surface area contributed by atoms with Crippen molar-refractivity contribution in [2.75, 3.05) is 55.7 Å². The molecule has 2 saturated heterocycles. The number of nitrogens with zero attached hydrogens (tertiary/aromatic N) is 4. The standard InChI is InChI=1S/C47H52N4O12/c1-29-28-48(24-14-25-49-36(42(45(49)53)62-30-16-10-8-11-17-30)32-20-22-34(56-2)40(60-6)38(32)58-4)47(55)51(44(29)52)27-15-26-50-37(43(46(50)54)63-31-18-12-9-13-19-31)33-21-23-35(57-3)41(61-7)39(33)59-5/h8-13,16-23,28,36-37,42-43H,14-15,24-27H2,1-7H3/t36-,37-,42+,43+/m1/s1. The minimum absolute atomic E-state index is 0.0490. The van der Waals surface area contributed by atoms with E-state index in [1.54, 1.807) is 59.3 Å². The van der Waals surface area contributed by atoms with Crippen LogP contribution in [0.5, 0.6) is 46.0 Å². The van der Waals surface area contributed by atoms with Gasteiger partial charge in [0.05, 0.1) is 42.7 Å². The van der Waals surface area contributed by atoms with Crippen molar-refractivity contribution in [3.63, 3.8) is 0 Å². The summed E-state index contributed by atoms with van der Waals surface area (Å²) in [6.07, 6.45) is 0.488. The second-order valence-corrected chi connectivity index (χ2v) is 15.0. The zero-order valence-corrected chi connectivity index (χ0v) is 36.4. The van der Waals surface area contributed by atoms with E-state index >= 15 is 0 Å². The first-order valence-electron chi connectivity index (χ1n) is 20.5. The summed E-state index contributed by atoms with van der Waals surface area (Å²) in [5, 5.41) is 0. The molecule has 4 aromatic carbocycles. The lowest BCUT2D eigenvalue weighted by molar-refractivity contribution is -0.164. The van der Waals surface area contributed by atoms with Crippen LogP contribution in [0.15, 0.2) is 101 Å². The molecular weight excluding hydrogens is 813 g/mol. The number of methoxy groups -OCH3 is 6. The smallest absolute Gasteiger partial charge is 0.330 e. The SMILES string of the molecule is COc1ccc([C@@H]2[C@H](Oc3ccccc3)C(=O)N2CCCn2cc(C)c(=O)n(CCCN3C(=O)[C@@H](Oc4ccccc4)[C@H]3c3ccc(OC)c(OC)c3OC)c2=O)c(OC)c1OC. The molecule has 332 valence electrons. The molecule has 63 heavy (non-hydrogen) atoms. The normalized spacial score (nSPS) is 18.0. The molecule has 0 aliphatic carbocycles. The van der Waals surface area contributed by atoms with E-state index in [4.69, 9.17) is 37.9 Å². The van der Waals surface area contributed by atoms with Gasteiger partial charge in [0.25, 0.3) is 17.4 Å². The highest BCUT2D eigenvalue weighted by Gasteiger charge is 2.52. The topological polar surface area (TPSA) is 158 Å². The van der Waals surface area contributed by atoms with Crippen molar-refractivity contribution in [3.8, 4) is 46.0 Å². The van der Waals surface area contributed by atoms with Crippen molar-refractivity contribution in [1.29, 1.82) is 0 Å². The summed E-state index contributed by atoms with van der Waals surface area (Å²) in [4.78, 5) is 58.3.